The fraction of sp³-hybridized carbons (Fsp3) is 0.750. The zero-order valence-electron chi connectivity index (χ0n) is 22.2. The molecule has 0 radical (unpaired) electrons. The highest BCUT2D eigenvalue weighted by Crippen LogP contribution is 2.75. The van der Waals surface area contributed by atoms with Gasteiger partial charge in [0.2, 0.25) is 0 Å². The molecule has 4 aliphatic carbocycles. The lowest BCUT2D eigenvalue weighted by molar-refractivity contribution is -0.192. The van der Waals surface area contributed by atoms with Gasteiger partial charge >= 0.3 is 11.9 Å². The minimum absolute atomic E-state index is 0.178. The quantitative estimate of drug-likeness (QED) is 0.274. The Bertz CT molecular complexity index is 1030. The molecule has 0 saturated heterocycles. The van der Waals surface area contributed by atoms with Crippen LogP contribution < -0.4 is 0 Å². The molecule has 2 bridgehead atoms. The van der Waals surface area contributed by atoms with Crippen LogP contribution in [-0.4, -0.2) is 63.1 Å². The average molecular weight is 505 g/mol. The van der Waals surface area contributed by atoms with E-state index in [2.05, 4.69) is 0 Å². The topological polar surface area (TPSA) is 130 Å². The molecule has 2 fully saturated rings. The van der Waals surface area contributed by atoms with E-state index in [-0.39, 0.29) is 30.3 Å². The summed E-state index contributed by atoms with van der Waals surface area (Å²) in [5.74, 6) is -2.95. The second-order valence-corrected chi connectivity index (χ2v) is 11.9. The molecule has 8 heteroatoms. The lowest BCUT2D eigenvalue weighted by Crippen LogP contribution is -2.65. The summed E-state index contributed by atoms with van der Waals surface area (Å²) in [5, 5.41) is 34.8. The largest absolute Gasteiger partial charge is 0.461 e. The third kappa shape index (κ3) is 3.40. The molecule has 2 saturated carbocycles. The number of ketones is 1. The molecule has 4 aliphatic rings. The van der Waals surface area contributed by atoms with Crippen LogP contribution in [0.1, 0.15) is 73.6 Å². The Balaban J connectivity index is 1.81. The van der Waals surface area contributed by atoms with Crippen molar-refractivity contribution in [1.82, 2.24) is 0 Å². The highest BCUT2D eigenvalue weighted by molar-refractivity contribution is 5.95. The smallest absolute Gasteiger partial charge is 0.306 e. The van der Waals surface area contributed by atoms with E-state index in [9.17, 15) is 29.7 Å². The number of carbonyl (C=O) groups excluding carboxylic acids is 3. The molecule has 0 heterocycles. The predicted molar refractivity (Wildman–Crippen MR) is 130 cm³/mol. The first-order valence-electron chi connectivity index (χ1n) is 13.1. The lowest BCUT2D eigenvalue weighted by atomic mass is 9.59. The summed E-state index contributed by atoms with van der Waals surface area (Å²) in [4.78, 5) is 38.9. The third-order valence-electron chi connectivity index (χ3n) is 9.58. The van der Waals surface area contributed by atoms with Crippen molar-refractivity contribution in [1.29, 1.82) is 0 Å². The monoisotopic (exact) mass is 504 g/mol. The highest BCUT2D eigenvalue weighted by atomic mass is 16.6. The SMILES string of the molecule is CCCCCC(=O)OCC1=C[C@@H]2C(=O)C3(C=C(C)[C@H](O)[C@@]3(O)[C@@H]1O)C(C)C[C@]1(OC(C)=O)[C@H]2C1(C)C. The van der Waals surface area contributed by atoms with Crippen molar-refractivity contribution in [3.63, 3.8) is 0 Å². The first kappa shape index (κ1) is 27.0. The number of aliphatic hydroxyl groups is 3. The maximum absolute atomic E-state index is 14.4. The number of Topliss-reactive ketones (excluding diaryl/α,β-unsaturated/α-hetero) is 1. The molecule has 8 atom stereocenters. The van der Waals surface area contributed by atoms with Crippen LogP contribution in [0.2, 0.25) is 0 Å². The van der Waals surface area contributed by atoms with Gasteiger partial charge in [-0.05, 0) is 36.8 Å². The van der Waals surface area contributed by atoms with Crippen molar-refractivity contribution in [3.05, 3.63) is 23.3 Å². The molecule has 8 nitrogen and oxygen atoms in total. The normalized spacial score (nSPS) is 42.2. The zero-order chi connectivity index (χ0) is 26.8. The Labute approximate surface area is 212 Å². The molecule has 0 aromatic carbocycles. The summed E-state index contributed by atoms with van der Waals surface area (Å²) in [6.07, 6.45) is 3.14. The standard InChI is InChI=1S/C28H40O8/c1-7-8-9-10-20(30)35-14-18-11-19-21-25(5,6)27(21,36-17(4)29)13-16(3)26(24(19)33)12-15(2)22(31)28(26,34)23(18)32/h11-12,16,19,21-23,31-32,34H,7-10,13-14H2,1-6H3/t16?,19-,21+,22-,23+,26?,27-,28+/m0/s1. The van der Waals surface area contributed by atoms with E-state index in [1.165, 1.54) is 6.92 Å². The minimum atomic E-state index is -2.25. The van der Waals surface area contributed by atoms with E-state index in [0.29, 0.717) is 18.4 Å². The average Bonchev–Trinajstić information content (AvgIpc) is 3.20. The van der Waals surface area contributed by atoms with Gasteiger partial charge in [0.1, 0.15) is 30.0 Å². The van der Waals surface area contributed by atoms with Gasteiger partial charge in [-0.3, -0.25) is 14.4 Å². The van der Waals surface area contributed by atoms with Gasteiger partial charge < -0.3 is 24.8 Å². The molecule has 0 aromatic rings. The van der Waals surface area contributed by atoms with Crippen LogP contribution in [0.15, 0.2) is 23.3 Å². The maximum Gasteiger partial charge on any atom is 0.306 e. The number of ether oxygens (including phenoxy) is 2. The summed E-state index contributed by atoms with van der Waals surface area (Å²) in [5.41, 5.74) is -4.74. The molecule has 1 spiro atoms. The van der Waals surface area contributed by atoms with Crippen LogP contribution >= 0.6 is 0 Å². The van der Waals surface area contributed by atoms with E-state index < -0.39 is 58.0 Å². The van der Waals surface area contributed by atoms with Crippen molar-refractivity contribution in [2.75, 3.05) is 6.61 Å². The minimum Gasteiger partial charge on any atom is -0.461 e. The summed E-state index contributed by atoms with van der Waals surface area (Å²) in [7, 11) is 0. The van der Waals surface area contributed by atoms with Crippen molar-refractivity contribution in [2.45, 2.75) is 97.1 Å². The Hall–Kier alpha value is -2.03. The molecular formula is C28H40O8. The van der Waals surface area contributed by atoms with Crippen LogP contribution in [-0.2, 0) is 23.9 Å². The summed E-state index contributed by atoms with van der Waals surface area (Å²) in [6, 6.07) is 0. The number of rotatable bonds is 7. The fourth-order valence-electron chi connectivity index (χ4n) is 7.73. The van der Waals surface area contributed by atoms with Crippen LogP contribution in [0.5, 0.6) is 0 Å². The molecule has 200 valence electrons. The Morgan fingerprint density at radius 3 is 2.44 bits per heavy atom. The van der Waals surface area contributed by atoms with Gasteiger partial charge in [-0.15, -0.1) is 0 Å². The Morgan fingerprint density at radius 2 is 1.83 bits per heavy atom. The third-order valence-corrected chi connectivity index (χ3v) is 9.58. The molecule has 0 aromatic heterocycles. The van der Waals surface area contributed by atoms with Crippen LogP contribution in [0.3, 0.4) is 0 Å². The molecule has 3 N–H and O–H groups in total. The number of fused-ring (bicyclic) bond motifs is 3. The van der Waals surface area contributed by atoms with Crippen molar-refractivity contribution >= 4 is 17.7 Å². The van der Waals surface area contributed by atoms with E-state index in [1.807, 2.05) is 20.8 Å². The molecule has 36 heavy (non-hydrogen) atoms. The van der Waals surface area contributed by atoms with Gasteiger partial charge in [0, 0.05) is 30.6 Å². The fourth-order valence-corrected chi connectivity index (χ4v) is 7.73. The molecule has 0 aliphatic heterocycles. The van der Waals surface area contributed by atoms with E-state index in [1.54, 1.807) is 26.0 Å². The summed E-state index contributed by atoms with van der Waals surface area (Å²) >= 11 is 0. The Morgan fingerprint density at radius 1 is 1.17 bits per heavy atom. The summed E-state index contributed by atoms with van der Waals surface area (Å²) in [6.45, 7) is 10.4. The zero-order valence-corrected chi connectivity index (χ0v) is 22.2. The molecule has 4 rings (SSSR count). The van der Waals surface area contributed by atoms with Gasteiger partial charge in [0.25, 0.3) is 0 Å². The van der Waals surface area contributed by atoms with E-state index in [0.717, 1.165) is 12.8 Å². The van der Waals surface area contributed by atoms with Gasteiger partial charge in [0.05, 0.1) is 5.41 Å². The number of carbonyl (C=O) groups is 3. The number of hydrogen-bond donors (Lipinski definition) is 3. The number of esters is 2. The second-order valence-electron chi connectivity index (χ2n) is 11.9. The predicted octanol–water partition coefficient (Wildman–Crippen LogP) is 2.63. The number of unbranched alkanes of at least 4 members (excludes halogenated alkanes) is 2. The number of hydrogen-bond acceptors (Lipinski definition) is 8. The van der Waals surface area contributed by atoms with Crippen molar-refractivity contribution < 1.29 is 39.2 Å². The van der Waals surface area contributed by atoms with E-state index in [4.69, 9.17) is 9.47 Å². The second kappa shape index (κ2) is 8.77. The van der Waals surface area contributed by atoms with Crippen molar-refractivity contribution in [3.8, 4) is 0 Å². The first-order chi connectivity index (χ1) is 16.7. The van der Waals surface area contributed by atoms with Crippen LogP contribution in [0.4, 0.5) is 0 Å². The number of allylic oxidation sites excluding steroid dienone is 1. The molecule has 0 amide bonds. The highest BCUT2D eigenvalue weighted by Gasteiger charge is 2.83. The molecule has 2 unspecified atom stereocenters. The molecular weight excluding hydrogens is 464 g/mol. The first-order valence-corrected chi connectivity index (χ1v) is 13.1. The maximum atomic E-state index is 14.4. The van der Waals surface area contributed by atoms with Gasteiger partial charge in [-0.1, -0.05) is 52.7 Å². The van der Waals surface area contributed by atoms with Crippen LogP contribution in [0, 0.1) is 28.6 Å². The van der Waals surface area contributed by atoms with E-state index >= 15 is 0 Å². The van der Waals surface area contributed by atoms with Gasteiger partial charge in [-0.25, -0.2) is 0 Å². The van der Waals surface area contributed by atoms with Gasteiger partial charge in [0.15, 0.2) is 5.78 Å². The number of aliphatic hydroxyl groups excluding tert-OH is 2. The summed E-state index contributed by atoms with van der Waals surface area (Å²) < 4.78 is 11.4. The van der Waals surface area contributed by atoms with Crippen molar-refractivity contribution in [2.24, 2.45) is 28.6 Å². The lowest BCUT2D eigenvalue weighted by Gasteiger charge is -2.48. The van der Waals surface area contributed by atoms with Gasteiger partial charge in [-0.2, -0.15) is 0 Å². The van der Waals surface area contributed by atoms with Crippen LogP contribution in [0.25, 0.3) is 0 Å². The Kier molecular flexibility index (Phi) is 6.59.